The SMILES string of the molecule is Cc1nc2ccc(N3C(=O)c4cccc(N5CCN(C6CCSC6)CC5)c4C3=O)cc2s1. The molecule has 3 aliphatic heterocycles. The number of hydrogen-bond donors (Lipinski definition) is 0. The van der Waals surface area contributed by atoms with Crippen LogP contribution in [0.25, 0.3) is 10.2 Å². The number of benzene rings is 2. The molecule has 1 unspecified atom stereocenters. The molecule has 1 aromatic heterocycles. The van der Waals surface area contributed by atoms with Crippen LogP contribution in [0.3, 0.4) is 0 Å². The standard InChI is InChI=1S/C24H24N4O2S2/c1-15-25-19-6-5-16(13-21(19)32-15)28-23(29)18-3-2-4-20(22(18)24(28)30)27-10-8-26(9-11-27)17-7-12-31-14-17/h2-6,13,17H,7-12,14H2,1H3. The Morgan fingerprint density at radius 1 is 1.03 bits per heavy atom. The summed E-state index contributed by atoms with van der Waals surface area (Å²) in [4.78, 5) is 37.5. The second kappa shape index (κ2) is 7.86. The fourth-order valence-electron chi connectivity index (χ4n) is 5.07. The predicted octanol–water partition coefficient (Wildman–Crippen LogP) is 4.03. The first-order valence-corrected chi connectivity index (χ1v) is 13.0. The van der Waals surface area contributed by atoms with Gasteiger partial charge in [0.15, 0.2) is 0 Å². The predicted molar refractivity (Wildman–Crippen MR) is 131 cm³/mol. The van der Waals surface area contributed by atoms with E-state index in [0.29, 0.717) is 22.9 Å². The van der Waals surface area contributed by atoms with Gasteiger partial charge in [0.05, 0.1) is 37.7 Å². The number of rotatable bonds is 3. The molecular weight excluding hydrogens is 440 g/mol. The molecule has 0 aliphatic carbocycles. The van der Waals surface area contributed by atoms with Crippen LogP contribution in [0.2, 0.25) is 0 Å². The van der Waals surface area contributed by atoms with E-state index in [9.17, 15) is 9.59 Å². The summed E-state index contributed by atoms with van der Waals surface area (Å²) in [6.45, 7) is 5.73. The average molecular weight is 465 g/mol. The van der Waals surface area contributed by atoms with E-state index in [1.165, 1.54) is 22.8 Å². The Labute approximate surface area is 195 Å². The van der Waals surface area contributed by atoms with E-state index in [1.807, 2.05) is 49.0 Å². The van der Waals surface area contributed by atoms with Crippen molar-refractivity contribution in [3.63, 3.8) is 0 Å². The van der Waals surface area contributed by atoms with Gasteiger partial charge in [-0.15, -0.1) is 11.3 Å². The fraction of sp³-hybridized carbons (Fsp3) is 0.375. The zero-order valence-corrected chi connectivity index (χ0v) is 19.5. The summed E-state index contributed by atoms with van der Waals surface area (Å²) in [5.41, 5.74) is 3.44. The van der Waals surface area contributed by atoms with Gasteiger partial charge in [-0.25, -0.2) is 9.88 Å². The Morgan fingerprint density at radius 3 is 2.66 bits per heavy atom. The third-order valence-electron chi connectivity index (χ3n) is 6.71. The van der Waals surface area contributed by atoms with Crippen LogP contribution in [-0.2, 0) is 0 Å². The van der Waals surface area contributed by atoms with Gasteiger partial charge in [-0.3, -0.25) is 14.5 Å². The summed E-state index contributed by atoms with van der Waals surface area (Å²) in [5.74, 6) is 2.02. The third kappa shape index (κ3) is 3.24. The van der Waals surface area contributed by atoms with Crippen molar-refractivity contribution < 1.29 is 9.59 Å². The van der Waals surface area contributed by atoms with E-state index in [1.54, 1.807) is 17.4 Å². The maximum absolute atomic E-state index is 13.5. The number of thioether (sulfide) groups is 1. The number of thiazole rings is 1. The molecule has 0 spiro atoms. The van der Waals surface area contributed by atoms with Gasteiger partial charge in [-0.05, 0) is 49.4 Å². The number of aryl methyl sites for hydroxylation is 1. The van der Waals surface area contributed by atoms with Crippen LogP contribution in [0.4, 0.5) is 11.4 Å². The molecule has 3 aromatic rings. The lowest BCUT2D eigenvalue weighted by Crippen LogP contribution is -2.50. The molecule has 1 atom stereocenters. The number of aromatic nitrogens is 1. The number of imide groups is 1. The molecular formula is C24H24N4O2S2. The molecule has 3 aliphatic rings. The fourth-order valence-corrected chi connectivity index (χ4v) is 7.19. The number of piperazine rings is 1. The second-order valence-electron chi connectivity index (χ2n) is 8.57. The molecule has 4 heterocycles. The van der Waals surface area contributed by atoms with Crippen molar-refractivity contribution >= 4 is 56.5 Å². The molecule has 0 N–H and O–H groups in total. The first-order valence-electron chi connectivity index (χ1n) is 11.1. The molecule has 6 rings (SSSR count). The lowest BCUT2D eigenvalue weighted by molar-refractivity contribution is 0.0926. The van der Waals surface area contributed by atoms with Crippen molar-refractivity contribution in [3.05, 3.63) is 52.5 Å². The van der Waals surface area contributed by atoms with Crippen molar-refractivity contribution in [2.45, 2.75) is 19.4 Å². The van der Waals surface area contributed by atoms with Crippen molar-refractivity contribution in [2.24, 2.45) is 0 Å². The number of fused-ring (bicyclic) bond motifs is 2. The molecule has 164 valence electrons. The van der Waals surface area contributed by atoms with Crippen molar-refractivity contribution in [3.8, 4) is 0 Å². The number of amides is 2. The number of carbonyl (C=O) groups is 2. The van der Waals surface area contributed by atoms with Gasteiger partial charge in [0, 0.05) is 38.0 Å². The Hall–Kier alpha value is -2.42. The van der Waals surface area contributed by atoms with Gasteiger partial charge in [0.1, 0.15) is 0 Å². The molecule has 2 fully saturated rings. The number of carbonyl (C=O) groups excluding carboxylic acids is 2. The largest absolute Gasteiger partial charge is 0.368 e. The summed E-state index contributed by atoms with van der Waals surface area (Å²) in [5, 5.41) is 0.970. The normalized spacial score (nSPS) is 21.7. The molecule has 2 aromatic carbocycles. The van der Waals surface area contributed by atoms with Crippen molar-refractivity contribution in [1.29, 1.82) is 0 Å². The molecule has 2 amide bonds. The van der Waals surface area contributed by atoms with E-state index < -0.39 is 0 Å². The van der Waals surface area contributed by atoms with E-state index in [4.69, 9.17) is 0 Å². The van der Waals surface area contributed by atoms with Gasteiger partial charge in [-0.2, -0.15) is 11.8 Å². The van der Waals surface area contributed by atoms with E-state index in [2.05, 4.69) is 14.8 Å². The minimum atomic E-state index is -0.242. The Balaban J connectivity index is 1.29. The van der Waals surface area contributed by atoms with Crippen LogP contribution in [0.15, 0.2) is 36.4 Å². The highest BCUT2D eigenvalue weighted by Crippen LogP contribution is 2.37. The Kier molecular flexibility index (Phi) is 4.97. The average Bonchev–Trinajstić information content (AvgIpc) is 3.52. The highest BCUT2D eigenvalue weighted by Gasteiger charge is 2.40. The number of hydrogen-bond acceptors (Lipinski definition) is 7. The van der Waals surface area contributed by atoms with Gasteiger partial charge >= 0.3 is 0 Å². The third-order valence-corrected chi connectivity index (χ3v) is 8.79. The first-order chi connectivity index (χ1) is 15.6. The van der Waals surface area contributed by atoms with Crippen LogP contribution >= 0.6 is 23.1 Å². The molecule has 2 saturated heterocycles. The zero-order valence-electron chi connectivity index (χ0n) is 17.9. The number of anilines is 2. The Morgan fingerprint density at radius 2 is 1.88 bits per heavy atom. The molecule has 32 heavy (non-hydrogen) atoms. The van der Waals surface area contributed by atoms with Crippen molar-refractivity contribution in [2.75, 3.05) is 47.5 Å². The van der Waals surface area contributed by atoms with Crippen LogP contribution in [0.1, 0.15) is 32.1 Å². The molecule has 0 bridgehead atoms. The minimum absolute atomic E-state index is 0.226. The van der Waals surface area contributed by atoms with Gasteiger partial charge < -0.3 is 4.90 Å². The van der Waals surface area contributed by atoms with Crippen LogP contribution in [0.5, 0.6) is 0 Å². The van der Waals surface area contributed by atoms with E-state index in [-0.39, 0.29) is 11.8 Å². The van der Waals surface area contributed by atoms with Crippen LogP contribution in [-0.4, -0.2) is 65.4 Å². The van der Waals surface area contributed by atoms with E-state index >= 15 is 0 Å². The maximum Gasteiger partial charge on any atom is 0.268 e. The van der Waals surface area contributed by atoms with Crippen LogP contribution in [0, 0.1) is 6.92 Å². The quantitative estimate of drug-likeness (QED) is 0.546. The van der Waals surface area contributed by atoms with Gasteiger partial charge in [0.25, 0.3) is 11.8 Å². The zero-order chi connectivity index (χ0) is 21.8. The smallest absolute Gasteiger partial charge is 0.268 e. The summed E-state index contributed by atoms with van der Waals surface area (Å²) in [7, 11) is 0. The summed E-state index contributed by atoms with van der Waals surface area (Å²) in [6, 6.07) is 12.0. The second-order valence-corrected chi connectivity index (χ2v) is 11.0. The molecule has 0 radical (unpaired) electrons. The maximum atomic E-state index is 13.5. The molecule has 6 nitrogen and oxygen atoms in total. The topological polar surface area (TPSA) is 56.8 Å². The minimum Gasteiger partial charge on any atom is -0.368 e. The summed E-state index contributed by atoms with van der Waals surface area (Å²) in [6.07, 6.45) is 1.27. The summed E-state index contributed by atoms with van der Waals surface area (Å²) >= 11 is 3.62. The first kappa shape index (κ1) is 20.2. The monoisotopic (exact) mass is 464 g/mol. The van der Waals surface area contributed by atoms with Crippen molar-refractivity contribution in [1.82, 2.24) is 9.88 Å². The lowest BCUT2D eigenvalue weighted by Gasteiger charge is -2.39. The highest BCUT2D eigenvalue weighted by molar-refractivity contribution is 7.99. The van der Waals surface area contributed by atoms with Crippen LogP contribution < -0.4 is 9.80 Å². The van der Waals surface area contributed by atoms with Gasteiger partial charge in [0.2, 0.25) is 0 Å². The highest BCUT2D eigenvalue weighted by atomic mass is 32.2. The van der Waals surface area contributed by atoms with Gasteiger partial charge in [-0.1, -0.05) is 6.07 Å². The molecule has 0 saturated carbocycles. The number of nitrogens with zero attached hydrogens (tertiary/aromatic N) is 4. The summed E-state index contributed by atoms with van der Waals surface area (Å²) < 4.78 is 0.984. The lowest BCUT2D eigenvalue weighted by atomic mass is 10.1. The molecule has 8 heteroatoms. The van der Waals surface area contributed by atoms with E-state index in [0.717, 1.165) is 47.1 Å². The Bertz CT molecular complexity index is 1230.